The van der Waals surface area contributed by atoms with Gasteiger partial charge in [-0.1, -0.05) is 35.3 Å². The summed E-state index contributed by atoms with van der Waals surface area (Å²) in [6, 6.07) is 8.12. The van der Waals surface area contributed by atoms with Gasteiger partial charge in [0.05, 0.1) is 28.8 Å². The standard InChI is InChI=1S/C19H17Cl2F2N3O3S/c1-29-7-6-25-30(27,28)17-10-24-19(26-17)18(11-2-4-15(22)13(20)8-11)12-3-5-16(23)14(21)9-12/h2-5,8-10,18,25H,6-7H2,1H3,(H,24,26). The number of methoxy groups -OCH3 is 1. The van der Waals surface area contributed by atoms with Gasteiger partial charge < -0.3 is 9.72 Å². The number of aromatic amines is 1. The predicted molar refractivity (Wildman–Crippen MR) is 109 cm³/mol. The highest BCUT2D eigenvalue weighted by atomic mass is 35.5. The van der Waals surface area contributed by atoms with E-state index in [9.17, 15) is 17.2 Å². The lowest BCUT2D eigenvalue weighted by Gasteiger charge is -2.17. The molecule has 1 aromatic heterocycles. The molecule has 0 spiro atoms. The minimum Gasteiger partial charge on any atom is -0.383 e. The quantitative estimate of drug-likeness (QED) is 0.480. The summed E-state index contributed by atoms with van der Waals surface area (Å²) < 4.78 is 59.4. The van der Waals surface area contributed by atoms with Crippen molar-refractivity contribution in [2.45, 2.75) is 10.9 Å². The summed E-state index contributed by atoms with van der Waals surface area (Å²) in [5.74, 6) is -1.70. The van der Waals surface area contributed by atoms with E-state index in [2.05, 4.69) is 14.7 Å². The van der Waals surface area contributed by atoms with Gasteiger partial charge in [0.15, 0.2) is 5.03 Å². The Morgan fingerprint density at radius 3 is 2.17 bits per heavy atom. The van der Waals surface area contributed by atoms with E-state index in [1.807, 2.05) is 0 Å². The predicted octanol–water partition coefficient (Wildman–Crippen LogP) is 4.10. The Kier molecular flexibility index (Phi) is 7.10. The zero-order chi connectivity index (χ0) is 21.9. The maximum absolute atomic E-state index is 13.7. The third kappa shape index (κ3) is 4.98. The third-order valence-electron chi connectivity index (χ3n) is 4.29. The van der Waals surface area contributed by atoms with Crippen LogP contribution in [0.2, 0.25) is 10.0 Å². The van der Waals surface area contributed by atoms with Crippen LogP contribution in [0.5, 0.6) is 0 Å². The number of imidazole rings is 1. The molecule has 1 heterocycles. The van der Waals surface area contributed by atoms with Crippen LogP contribution in [0.15, 0.2) is 47.6 Å². The van der Waals surface area contributed by atoms with Gasteiger partial charge in [-0.25, -0.2) is 26.9 Å². The monoisotopic (exact) mass is 475 g/mol. The van der Waals surface area contributed by atoms with Gasteiger partial charge in [0, 0.05) is 13.7 Å². The van der Waals surface area contributed by atoms with E-state index in [1.54, 1.807) is 0 Å². The van der Waals surface area contributed by atoms with Gasteiger partial charge in [-0.15, -0.1) is 0 Å². The van der Waals surface area contributed by atoms with Crippen LogP contribution in [0.1, 0.15) is 22.9 Å². The topological polar surface area (TPSA) is 84.1 Å². The Bertz CT molecular complexity index is 1100. The minimum atomic E-state index is -3.86. The minimum absolute atomic E-state index is 0.0811. The SMILES string of the molecule is COCCNS(=O)(=O)c1cnc(C(c2ccc(F)c(Cl)c2)c2ccc(F)c(Cl)c2)[nH]1. The Labute approximate surface area is 182 Å². The largest absolute Gasteiger partial charge is 0.383 e. The first-order valence-corrected chi connectivity index (χ1v) is 10.9. The second-order valence-corrected chi connectivity index (χ2v) is 8.85. The average molecular weight is 476 g/mol. The van der Waals surface area contributed by atoms with Crippen molar-refractivity contribution < 1.29 is 21.9 Å². The van der Waals surface area contributed by atoms with Gasteiger partial charge >= 0.3 is 0 Å². The summed E-state index contributed by atoms with van der Waals surface area (Å²) in [5, 5.41) is -0.405. The number of nitrogens with zero attached hydrogens (tertiary/aromatic N) is 1. The average Bonchev–Trinajstić information content (AvgIpc) is 3.18. The van der Waals surface area contributed by atoms with Crippen molar-refractivity contribution in [1.82, 2.24) is 14.7 Å². The zero-order valence-electron chi connectivity index (χ0n) is 15.6. The summed E-state index contributed by atoms with van der Waals surface area (Å²) in [5.41, 5.74) is 1.02. The summed E-state index contributed by atoms with van der Waals surface area (Å²) in [7, 11) is -2.41. The normalized spacial score (nSPS) is 11.9. The van der Waals surface area contributed by atoms with Crippen molar-refractivity contribution in [2.24, 2.45) is 0 Å². The van der Waals surface area contributed by atoms with Crippen LogP contribution in [-0.4, -0.2) is 38.6 Å². The number of hydrogen-bond acceptors (Lipinski definition) is 4. The second kappa shape index (κ2) is 9.40. The number of nitrogens with one attached hydrogen (secondary N) is 2. The molecule has 0 fully saturated rings. The molecule has 11 heteroatoms. The molecule has 0 atom stereocenters. The maximum Gasteiger partial charge on any atom is 0.257 e. The van der Waals surface area contributed by atoms with Crippen LogP contribution in [0.25, 0.3) is 0 Å². The summed E-state index contributed by atoms with van der Waals surface area (Å²) in [6.45, 7) is 0.281. The Morgan fingerprint density at radius 1 is 1.10 bits per heavy atom. The van der Waals surface area contributed by atoms with Gasteiger partial charge in [0.25, 0.3) is 10.0 Å². The number of benzene rings is 2. The zero-order valence-corrected chi connectivity index (χ0v) is 18.0. The van der Waals surface area contributed by atoms with Crippen molar-refractivity contribution >= 4 is 33.2 Å². The summed E-state index contributed by atoms with van der Waals surface area (Å²) in [4.78, 5) is 6.96. The lowest BCUT2D eigenvalue weighted by Crippen LogP contribution is -2.27. The lowest BCUT2D eigenvalue weighted by molar-refractivity contribution is 0.204. The van der Waals surface area contributed by atoms with Crippen LogP contribution in [0.4, 0.5) is 8.78 Å². The number of hydrogen-bond donors (Lipinski definition) is 2. The highest BCUT2D eigenvalue weighted by Crippen LogP contribution is 2.34. The molecule has 2 aromatic carbocycles. The van der Waals surface area contributed by atoms with Crippen molar-refractivity contribution in [3.63, 3.8) is 0 Å². The van der Waals surface area contributed by atoms with Gasteiger partial charge in [0.1, 0.15) is 17.5 Å². The molecule has 0 aliphatic rings. The van der Waals surface area contributed by atoms with Crippen LogP contribution in [0, 0.1) is 11.6 Å². The number of H-pyrrole nitrogens is 1. The molecular formula is C19H17Cl2F2N3O3S. The first-order valence-electron chi connectivity index (χ1n) is 8.66. The molecule has 0 aliphatic carbocycles. The molecular weight excluding hydrogens is 459 g/mol. The molecule has 160 valence electrons. The molecule has 0 radical (unpaired) electrons. The molecule has 0 amide bonds. The molecule has 2 N–H and O–H groups in total. The molecule has 0 aliphatic heterocycles. The maximum atomic E-state index is 13.7. The molecule has 0 bridgehead atoms. The first kappa shape index (κ1) is 22.6. The van der Waals surface area contributed by atoms with E-state index < -0.39 is 27.6 Å². The molecule has 30 heavy (non-hydrogen) atoms. The fourth-order valence-electron chi connectivity index (χ4n) is 2.85. The van der Waals surface area contributed by atoms with Gasteiger partial charge in [0.2, 0.25) is 0 Å². The van der Waals surface area contributed by atoms with Gasteiger partial charge in [-0.05, 0) is 35.4 Å². The van der Waals surface area contributed by atoms with Crippen molar-refractivity contribution in [3.05, 3.63) is 81.2 Å². The van der Waals surface area contributed by atoms with E-state index in [1.165, 1.54) is 43.5 Å². The number of rotatable bonds is 8. The fraction of sp³-hybridized carbons (Fsp3) is 0.211. The first-order chi connectivity index (χ1) is 14.2. The van der Waals surface area contributed by atoms with Crippen LogP contribution in [-0.2, 0) is 14.8 Å². The van der Waals surface area contributed by atoms with Crippen LogP contribution in [0.3, 0.4) is 0 Å². The highest BCUT2D eigenvalue weighted by molar-refractivity contribution is 7.89. The fourth-order valence-corrected chi connectivity index (χ4v) is 4.17. The highest BCUT2D eigenvalue weighted by Gasteiger charge is 2.25. The number of aromatic nitrogens is 2. The second-order valence-electron chi connectivity index (χ2n) is 6.30. The van der Waals surface area contributed by atoms with Crippen LogP contribution < -0.4 is 4.72 Å². The smallest absolute Gasteiger partial charge is 0.257 e. The molecule has 3 aromatic rings. The summed E-state index contributed by atoms with van der Waals surface area (Å²) >= 11 is 11.9. The van der Waals surface area contributed by atoms with Crippen molar-refractivity contribution in [2.75, 3.05) is 20.3 Å². The number of halogens is 4. The van der Waals surface area contributed by atoms with E-state index in [4.69, 9.17) is 27.9 Å². The van der Waals surface area contributed by atoms with Crippen molar-refractivity contribution in [1.29, 1.82) is 0 Å². The molecule has 0 saturated carbocycles. The molecule has 3 rings (SSSR count). The van der Waals surface area contributed by atoms with E-state index >= 15 is 0 Å². The van der Waals surface area contributed by atoms with Crippen molar-refractivity contribution in [3.8, 4) is 0 Å². The van der Waals surface area contributed by atoms with E-state index in [-0.39, 0.29) is 34.0 Å². The summed E-state index contributed by atoms with van der Waals surface area (Å²) in [6.07, 6.45) is 1.16. The Morgan fingerprint density at radius 2 is 1.67 bits per heavy atom. The van der Waals surface area contributed by atoms with Gasteiger partial charge in [-0.2, -0.15) is 0 Å². The molecule has 6 nitrogen and oxygen atoms in total. The number of ether oxygens (including phenoxy) is 1. The Balaban J connectivity index is 2.06. The lowest BCUT2D eigenvalue weighted by atomic mass is 9.90. The van der Waals surface area contributed by atoms with Gasteiger partial charge in [-0.3, -0.25) is 0 Å². The van der Waals surface area contributed by atoms with E-state index in [0.29, 0.717) is 11.1 Å². The Hall–Kier alpha value is -2.04. The number of sulfonamides is 1. The molecule has 0 unspecified atom stereocenters. The van der Waals surface area contributed by atoms with E-state index in [0.717, 1.165) is 6.20 Å². The molecule has 0 saturated heterocycles. The third-order valence-corrected chi connectivity index (χ3v) is 6.24. The van der Waals surface area contributed by atoms with Crippen LogP contribution >= 0.6 is 23.2 Å².